The van der Waals surface area contributed by atoms with Crippen molar-refractivity contribution in [3.8, 4) is 5.75 Å². The fourth-order valence-corrected chi connectivity index (χ4v) is 2.17. The minimum absolute atomic E-state index is 0.0768. The van der Waals surface area contributed by atoms with Crippen molar-refractivity contribution in [1.82, 2.24) is 0 Å². The third kappa shape index (κ3) is 2.97. The highest BCUT2D eigenvalue weighted by atomic mass is 32.1. The Kier molecular flexibility index (Phi) is 3.62. The highest BCUT2D eigenvalue weighted by Gasteiger charge is 2.17. The Morgan fingerprint density at radius 2 is 1.95 bits per heavy atom. The first-order valence-electron chi connectivity index (χ1n) is 5.51. The zero-order valence-corrected chi connectivity index (χ0v) is 11.2. The van der Waals surface area contributed by atoms with Gasteiger partial charge in [0.1, 0.15) is 10.6 Å². The summed E-state index contributed by atoms with van der Waals surface area (Å²) < 4.78 is 5.18. The van der Waals surface area contributed by atoms with Crippen molar-refractivity contribution in [3.63, 3.8) is 0 Å². The number of rotatable bonds is 3. The summed E-state index contributed by atoms with van der Waals surface area (Å²) in [5.74, 6) is -0.148. The lowest BCUT2D eigenvalue weighted by molar-refractivity contribution is -0.380. The lowest BCUT2D eigenvalue weighted by Gasteiger charge is -2.05. The molecule has 0 fully saturated rings. The van der Waals surface area contributed by atoms with Gasteiger partial charge in [-0.1, -0.05) is 17.4 Å². The molecule has 0 N–H and O–H groups in total. The molecular weight excluding hydrogens is 266 g/mol. The van der Waals surface area contributed by atoms with Crippen LogP contribution in [0.2, 0.25) is 0 Å². The highest BCUT2D eigenvalue weighted by Crippen LogP contribution is 2.25. The van der Waals surface area contributed by atoms with Crippen LogP contribution >= 0.6 is 11.3 Å². The Bertz CT molecular complexity index is 648. The number of carbonyl (C=O) groups is 1. The second-order valence-electron chi connectivity index (χ2n) is 4.03. The van der Waals surface area contributed by atoms with Gasteiger partial charge in [-0.2, -0.15) is 0 Å². The number of hydrogen-bond donors (Lipinski definition) is 0. The SMILES string of the molecule is Cc1ccc(OC(=O)c2ccc([N+](=O)[O-])s2)cc1C. The number of thiophene rings is 1. The maximum Gasteiger partial charge on any atom is 0.353 e. The van der Waals surface area contributed by atoms with E-state index >= 15 is 0 Å². The van der Waals surface area contributed by atoms with Crippen LogP contribution in [0.5, 0.6) is 5.75 Å². The molecule has 1 heterocycles. The highest BCUT2D eigenvalue weighted by molar-refractivity contribution is 7.17. The molecule has 0 spiro atoms. The van der Waals surface area contributed by atoms with E-state index < -0.39 is 10.9 Å². The van der Waals surface area contributed by atoms with E-state index in [1.807, 2.05) is 19.9 Å². The fraction of sp³-hybridized carbons (Fsp3) is 0.154. The van der Waals surface area contributed by atoms with Crippen LogP contribution in [0.25, 0.3) is 0 Å². The minimum Gasteiger partial charge on any atom is -0.422 e. The molecule has 0 atom stereocenters. The van der Waals surface area contributed by atoms with Crippen molar-refractivity contribution < 1.29 is 14.5 Å². The van der Waals surface area contributed by atoms with Gasteiger partial charge in [0.15, 0.2) is 0 Å². The zero-order chi connectivity index (χ0) is 14.0. The van der Waals surface area contributed by atoms with Crippen molar-refractivity contribution in [2.45, 2.75) is 13.8 Å². The Balaban J connectivity index is 2.15. The smallest absolute Gasteiger partial charge is 0.353 e. The molecule has 0 saturated carbocycles. The van der Waals surface area contributed by atoms with Gasteiger partial charge in [-0.25, -0.2) is 4.79 Å². The lowest BCUT2D eigenvalue weighted by atomic mass is 10.1. The molecule has 0 aliphatic heterocycles. The van der Waals surface area contributed by atoms with Crippen molar-refractivity contribution in [2.75, 3.05) is 0 Å². The topological polar surface area (TPSA) is 69.4 Å². The molecule has 6 heteroatoms. The molecule has 0 aliphatic carbocycles. The molecule has 0 aliphatic rings. The minimum atomic E-state index is -0.582. The summed E-state index contributed by atoms with van der Waals surface area (Å²) in [4.78, 5) is 22.0. The van der Waals surface area contributed by atoms with E-state index in [2.05, 4.69) is 0 Å². The van der Waals surface area contributed by atoms with E-state index in [1.54, 1.807) is 12.1 Å². The number of ether oxygens (including phenoxy) is 1. The predicted molar refractivity (Wildman–Crippen MR) is 71.8 cm³/mol. The van der Waals surface area contributed by atoms with Gasteiger partial charge in [0.05, 0.1) is 4.92 Å². The molecule has 0 saturated heterocycles. The number of nitro groups is 1. The normalized spacial score (nSPS) is 10.2. The number of nitrogens with zero attached hydrogens (tertiary/aromatic N) is 1. The molecule has 19 heavy (non-hydrogen) atoms. The van der Waals surface area contributed by atoms with Crippen molar-refractivity contribution >= 4 is 22.3 Å². The number of hydrogen-bond acceptors (Lipinski definition) is 5. The first kappa shape index (κ1) is 13.2. The standard InChI is InChI=1S/C13H11NO4S/c1-8-3-4-10(7-9(8)2)18-13(15)11-5-6-12(19-11)14(16)17/h3-7H,1-2H3. The maximum atomic E-state index is 11.8. The molecule has 2 aromatic rings. The Morgan fingerprint density at radius 3 is 2.53 bits per heavy atom. The van der Waals surface area contributed by atoms with E-state index in [0.29, 0.717) is 5.75 Å². The monoisotopic (exact) mass is 277 g/mol. The Labute approximate surface area is 113 Å². The molecule has 0 radical (unpaired) electrons. The van der Waals surface area contributed by atoms with Crippen molar-refractivity contribution in [1.29, 1.82) is 0 Å². The Morgan fingerprint density at radius 1 is 1.21 bits per heavy atom. The molecule has 1 aromatic carbocycles. The van der Waals surface area contributed by atoms with E-state index in [1.165, 1.54) is 12.1 Å². The summed E-state index contributed by atoms with van der Waals surface area (Å²) >= 11 is 0.802. The summed E-state index contributed by atoms with van der Waals surface area (Å²) in [6, 6.07) is 8.00. The number of esters is 1. The molecule has 98 valence electrons. The van der Waals surface area contributed by atoms with Gasteiger partial charge >= 0.3 is 11.0 Å². The van der Waals surface area contributed by atoms with Gasteiger partial charge in [-0.05, 0) is 43.2 Å². The van der Waals surface area contributed by atoms with Gasteiger partial charge in [0.25, 0.3) is 0 Å². The molecule has 0 amide bonds. The van der Waals surface area contributed by atoms with Crippen LogP contribution in [0.1, 0.15) is 20.8 Å². The van der Waals surface area contributed by atoms with Gasteiger partial charge in [-0.15, -0.1) is 0 Å². The van der Waals surface area contributed by atoms with Crippen LogP contribution in [0.4, 0.5) is 5.00 Å². The largest absolute Gasteiger partial charge is 0.422 e. The number of carbonyl (C=O) groups excluding carboxylic acids is 1. The molecule has 5 nitrogen and oxygen atoms in total. The van der Waals surface area contributed by atoms with Gasteiger partial charge in [-0.3, -0.25) is 10.1 Å². The van der Waals surface area contributed by atoms with E-state index in [-0.39, 0.29) is 9.88 Å². The molecule has 1 aromatic heterocycles. The van der Waals surface area contributed by atoms with Gasteiger partial charge in [0.2, 0.25) is 0 Å². The van der Waals surface area contributed by atoms with Crippen molar-refractivity contribution in [2.24, 2.45) is 0 Å². The second kappa shape index (κ2) is 5.19. The van der Waals surface area contributed by atoms with Crippen LogP contribution in [-0.2, 0) is 0 Å². The summed E-state index contributed by atoms with van der Waals surface area (Å²) in [5, 5.41) is 10.5. The summed E-state index contributed by atoms with van der Waals surface area (Å²) in [5.41, 5.74) is 2.12. The average Bonchev–Trinajstić information content (AvgIpc) is 2.83. The molecular formula is C13H11NO4S. The predicted octanol–water partition coefficient (Wildman–Crippen LogP) is 3.49. The first-order chi connectivity index (χ1) is 8.97. The molecule has 2 rings (SSSR count). The van der Waals surface area contributed by atoms with Crippen LogP contribution < -0.4 is 4.74 Å². The lowest BCUT2D eigenvalue weighted by Crippen LogP contribution is -2.06. The van der Waals surface area contributed by atoms with Gasteiger partial charge in [0, 0.05) is 6.07 Å². The van der Waals surface area contributed by atoms with Crippen LogP contribution in [0.15, 0.2) is 30.3 Å². The summed E-state index contributed by atoms with van der Waals surface area (Å²) in [7, 11) is 0. The first-order valence-corrected chi connectivity index (χ1v) is 6.32. The van der Waals surface area contributed by atoms with Crippen LogP contribution in [-0.4, -0.2) is 10.9 Å². The van der Waals surface area contributed by atoms with E-state index in [4.69, 9.17) is 4.74 Å². The second-order valence-corrected chi connectivity index (χ2v) is 5.09. The molecule has 0 bridgehead atoms. The maximum absolute atomic E-state index is 11.8. The third-order valence-corrected chi connectivity index (χ3v) is 3.68. The quantitative estimate of drug-likeness (QED) is 0.372. The fourth-order valence-electron chi connectivity index (χ4n) is 1.47. The number of benzene rings is 1. The summed E-state index contributed by atoms with van der Waals surface area (Å²) in [6.07, 6.45) is 0. The van der Waals surface area contributed by atoms with Crippen LogP contribution in [0, 0.1) is 24.0 Å². The van der Waals surface area contributed by atoms with Crippen molar-refractivity contribution in [3.05, 3.63) is 56.5 Å². The van der Waals surface area contributed by atoms with Gasteiger partial charge < -0.3 is 4.74 Å². The zero-order valence-electron chi connectivity index (χ0n) is 10.4. The van der Waals surface area contributed by atoms with E-state index in [0.717, 1.165) is 22.5 Å². The molecule has 0 unspecified atom stereocenters. The summed E-state index contributed by atoms with van der Waals surface area (Å²) in [6.45, 7) is 3.88. The Hall–Kier alpha value is -2.21. The van der Waals surface area contributed by atoms with E-state index in [9.17, 15) is 14.9 Å². The third-order valence-electron chi connectivity index (χ3n) is 2.66. The average molecular weight is 277 g/mol. The number of aryl methyl sites for hydroxylation is 2. The van der Waals surface area contributed by atoms with Crippen LogP contribution in [0.3, 0.4) is 0 Å².